The van der Waals surface area contributed by atoms with Crippen LogP contribution in [-0.2, 0) is 6.18 Å². The van der Waals surface area contributed by atoms with Crippen molar-refractivity contribution in [2.24, 2.45) is 0 Å². The lowest BCUT2D eigenvalue weighted by Gasteiger charge is -2.07. The van der Waals surface area contributed by atoms with E-state index in [4.69, 9.17) is 11.6 Å². The van der Waals surface area contributed by atoms with Crippen LogP contribution in [0.1, 0.15) is 5.56 Å². The van der Waals surface area contributed by atoms with E-state index in [0.717, 1.165) is 12.1 Å². The average molecular weight is 298 g/mol. The van der Waals surface area contributed by atoms with E-state index in [0.29, 0.717) is 22.2 Å². The topological polar surface area (TPSA) is 30.2 Å². The Morgan fingerprint density at radius 1 is 0.950 bits per heavy atom. The lowest BCUT2D eigenvalue weighted by molar-refractivity contribution is -0.137. The zero-order chi connectivity index (χ0) is 14.3. The van der Waals surface area contributed by atoms with Crippen molar-refractivity contribution in [3.05, 3.63) is 53.2 Å². The smallest absolute Gasteiger partial charge is 0.265 e. The summed E-state index contributed by atoms with van der Waals surface area (Å²) in [4.78, 5) is 0. The minimum atomic E-state index is -4.36. The molecule has 0 spiro atoms. The highest BCUT2D eigenvalue weighted by molar-refractivity contribution is 6.29. The van der Waals surface area contributed by atoms with E-state index >= 15 is 0 Å². The van der Waals surface area contributed by atoms with Crippen LogP contribution in [0.3, 0.4) is 0 Å². The minimum Gasteiger partial charge on any atom is -0.265 e. The lowest BCUT2D eigenvalue weighted by atomic mass is 10.1. The van der Waals surface area contributed by atoms with E-state index in [-0.39, 0.29) is 0 Å². The zero-order valence-electron chi connectivity index (χ0n) is 9.89. The van der Waals surface area contributed by atoms with Crippen molar-refractivity contribution in [3.63, 3.8) is 0 Å². The van der Waals surface area contributed by atoms with Gasteiger partial charge in [0, 0.05) is 5.56 Å². The molecule has 0 bridgehead atoms. The van der Waals surface area contributed by atoms with E-state index in [9.17, 15) is 13.2 Å². The first kappa shape index (κ1) is 12.9. The number of benzene rings is 1. The van der Waals surface area contributed by atoms with Crippen LogP contribution < -0.4 is 0 Å². The molecule has 0 radical (unpaired) electrons. The fraction of sp³-hybridized carbons (Fsp3) is 0.0769. The molecule has 0 amide bonds. The highest BCUT2D eigenvalue weighted by atomic mass is 35.5. The predicted molar refractivity (Wildman–Crippen MR) is 68.4 cm³/mol. The Balaban J connectivity index is 2.12. The molecule has 0 saturated heterocycles. The van der Waals surface area contributed by atoms with E-state index in [1.807, 2.05) is 0 Å². The first-order valence-electron chi connectivity index (χ1n) is 5.64. The molecule has 0 aliphatic carbocycles. The van der Waals surface area contributed by atoms with Gasteiger partial charge in [-0.1, -0.05) is 29.8 Å². The van der Waals surface area contributed by atoms with Crippen molar-refractivity contribution < 1.29 is 13.2 Å². The van der Waals surface area contributed by atoms with Gasteiger partial charge >= 0.3 is 6.18 Å². The standard InChI is InChI=1S/C13H7ClF3N3/c14-10-2-1-3-11-18-19-12(20(10)11)8-4-6-9(7-5-8)13(15,16)17/h1-7H. The molecule has 2 aromatic heterocycles. The largest absolute Gasteiger partial charge is 0.416 e. The van der Waals surface area contributed by atoms with Crippen LogP contribution in [-0.4, -0.2) is 14.6 Å². The number of aromatic nitrogens is 3. The van der Waals surface area contributed by atoms with Crippen molar-refractivity contribution in [1.29, 1.82) is 0 Å². The Hall–Kier alpha value is -2.08. The number of alkyl halides is 3. The van der Waals surface area contributed by atoms with Gasteiger partial charge in [-0.3, -0.25) is 4.40 Å². The summed E-state index contributed by atoms with van der Waals surface area (Å²) in [6.07, 6.45) is -4.36. The van der Waals surface area contributed by atoms with Gasteiger partial charge in [-0.25, -0.2) is 0 Å². The molecule has 102 valence electrons. The third-order valence-electron chi connectivity index (χ3n) is 2.85. The van der Waals surface area contributed by atoms with Gasteiger partial charge in [0.15, 0.2) is 11.5 Å². The molecule has 3 nitrogen and oxygen atoms in total. The molecular formula is C13H7ClF3N3. The Kier molecular flexibility index (Phi) is 2.90. The summed E-state index contributed by atoms with van der Waals surface area (Å²) in [5.41, 5.74) is 0.340. The first-order valence-corrected chi connectivity index (χ1v) is 6.02. The molecule has 0 N–H and O–H groups in total. The predicted octanol–water partition coefficient (Wildman–Crippen LogP) is 4.07. The molecular weight excluding hydrogens is 291 g/mol. The number of rotatable bonds is 1. The van der Waals surface area contributed by atoms with E-state index in [2.05, 4.69) is 10.2 Å². The van der Waals surface area contributed by atoms with Crippen LogP contribution in [0.5, 0.6) is 0 Å². The number of pyridine rings is 1. The van der Waals surface area contributed by atoms with Gasteiger partial charge in [-0.15, -0.1) is 10.2 Å². The molecule has 0 unspecified atom stereocenters. The number of hydrogen-bond acceptors (Lipinski definition) is 2. The fourth-order valence-corrected chi connectivity index (χ4v) is 2.14. The summed E-state index contributed by atoms with van der Waals surface area (Å²) in [7, 11) is 0. The number of fused-ring (bicyclic) bond motifs is 1. The normalized spacial score (nSPS) is 12.0. The maximum Gasteiger partial charge on any atom is 0.416 e. The van der Waals surface area contributed by atoms with Gasteiger partial charge in [0.2, 0.25) is 0 Å². The zero-order valence-corrected chi connectivity index (χ0v) is 10.7. The van der Waals surface area contributed by atoms with Gasteiger partial charge in [-0.2, -0.15) is 13.2 Å². The molecule has 3 aromatic rings. The molecule has 0 fully saturated rings. The molecule has 1 aromatic carbocycles. The number of nitrogens with zero attached hydrogens (tertiary/aromatic N) is 3. The van der Waals surface area contributed by atoms with Crippen molar-refractivity contribution in [2.45, 2.75) is 6.18 Å². The third-order valence-corrected chi connectivity index (χ3v) is 3.15. The summed E-state index contributed by atoms with van der Waals surface area (Å²) < 4.78 is 39.1. The van der Waals surface area contributed by atoms with Crippen molar-refractivity contribution in [1.82, 2.24) is 14.6 Å². The average Bonchev–Trinajstić information content (AvgIpc) is 2.83. The molecule has 0 atom stereocenters. The summed E-state index contributed by atoms with van der Waals surface area (Å²) in [6, 6.07) is 9.81. The van der Waals surface area contributed by atoms with Crippen LogP contribution in [0.15, 0.2) is 42.5 Å². The van der Waals surface area contributed by atoms with E-state index < -0.39 is 11.7 Å². The second-order valence-electron chi connectivity index (χ2n) is 4.14. The van der Waals surface area contributed by atoms with Gasteiger partial charge in [0.25, 0.3) is 0 Å². The Bertz CT molecular complexity index is 763. The summed E-state index contributed by atoms with van der Waals surface area (Å²) in [6.45, 7) is 0. The molecule has 2 heterocycles. The quantitative estimate of drug-likeness (QED) is 0.634. The second-order valence-corrected chi connectivity index (χ2v) is 4.53. The van der Waals surface area contributed by atoms with Crippen LogP contribution in [0, 0.1) is 0 Å². The third kappa shape index (κ3) is 2.12. The van der Waals surface area contributed by atoms with Gasteiger partial charge in [0.05, 0.1) is 5.56 Å². The molecule has 20 heavy (non-hydrogen) atoms. The summed E-state index contributed by atoms with van der Waals surface area (Å²) in [5, 5.41) is 8.29. The van der Waals surface area contributed by atoms with Gasteiger partial charge in [0.1, 0.15) is 5.15 Å². The highest BCUT2D eigenvalue weighted by Crippen LogP contribution is 2.31. The lowest BCUT2D eigenvalue weighted by Crippen LogP contribution is -2.04. The summed E-state index contributed by atoms with van der Waals surface area (Å²) in [5.74, 6) is 0.402. The minimum absolute atomic E-state index is 0.391. The summed E-state index contributed by atoms with van der Waals surface area (Å²) >= 11 is 6.06. The number of halogens is 4. The monoisotopic (exact) mass is 297 g/mol. The van der Waals surface area contributed by atoms with E-state index in [1.165, 1.54) is 12.1 Å². The van der Waals surface area contributed by atoms with Crippen LogP contribution >= 0.6 is 11.6 Å². The number of hydrogen-bond donors (Lipinski definition) is 0. The molecule has 0 aliphatic rings. The molecule has 0 aliphatic heterocycles. The Morgan fingerprint density at radius 3 is 2.30 bits per heavy atom. The highest BCUT2D eigenvalue weighted by Gasteiger charge is 2.30. The fourth-order valence-electron chi connectivity index (χ4n) is 1.90. The molecule has 3 rings (SSSR count). The maximum atomic E-state index is 12.5. The first-order chi connectivity index (χ1) is 9.47. The van der Waals surface area contributed by atoms with Crippen molar-refractivity contribution in [3.8, 4) is 11.4 Å². The van der Waals surface area contributed by atoms with Crippen LogP contribution in [0.25, 0.3) is 17.0 Å². The molecule has 7 heteroatoms. The maximum absolute atomic E-state index is 12.5. The molecule has 0 saturated carbocycles. The van der Waals surface area contributed by atoms with Crippen molar-refractivity contribution >= 4 is 17.2 Å². The van der Waals surface area contributed by atoms with Crippen LogP contribution in [0.2, 0.25) is 5.15 Å². The van der Waals surface area contributed by atoms with Crippen molar-refractivity contribution in [2.75, 3.05) is 0 Å². The Morgan fingerprint density at radius 2 is 1.65 bits per heavy atom. The van der Waals surface area contributed by atoms with Crippen LogP contribution in [0.4, 0.5) is 13.2 Å². The van der Waals surface area contributed by atoms with Gasteiger partial charge < -0.3 is 0 Å². The Labute approximate surface area is 116 Å². The second kappa shape index (κ2) is 4.49. The SMILES string of the molecule is FC(F)(F)c1ccc(-c2nnc3cccc(Cl)n23)cc1. The van der Waals surface area contributed by atoms with E-state index in [1.54, 1.807) is 22.6 Å². The van der Waals surface area contributed by atoms with Gasteiger partial charge in [-0.05, 0) is 24.3 Å².